The van der Waals surface area contributed by atoms with Gasteiger partial charge in [-0.1, -0.05) is 0 Å². The molecule has 1 saturated heterocycles. The molecular formula is C9H13FN2OS. The zero-order chi connectivity index (χ0) is 10.1. The molecule has 1 aromatic rings. The standard InChI is InChI=1S/C9H13FN2OS/c1-6(13)8-5-14-9(11-8)12-3-2-7(10)4-12/h5-7,13H,2-4H2,1H3. The van der Waals surface area contributed by atoms with Crippen molar-refractivity contribution in [3.63, 3.8) is 0 Å². The minimum Gasteiger partial charge on any atom is -0.387 e. The number of hydrogen-bond acceptors (Lipinski definition) is 4. The summed E-state index contributed by atoms with van der Waals surface area (Å²) in [5, 5.41) is 11.9. The van der Waals surface area contributed by atoms with E-state index in [0.717, 1.165) is 11.7 Å². The minimum atomic E-state index is -0.728. The molecule has 3 nitrogen and oxygen atoms in total. The van der Waals surface area contributed by atoms with Crippen LogP contribution in [0.5, 0.6) is 0 Å². The van der Waals surface area contributed by atoms with Crippen LogP contribution in [0, 0.1) is 0 Å². The van der Waals surface area contributed by atoms with Crippen LogP contribution in [-0.2, 0) is 0 Å². The van der Waals surface area contributed by atoms with E-state index in [1.54, 1.807) is 6.92 Å². The highest BCUT2D eigenvalue weighted by Gasteiger charge is 2.24. The number of hydrogen-bond donors (Lipinski definition) is 1. The summed E-state index contributed by atoms with van der Waals surface area (Å²) in [6.45, 7) is 2.85. The fourth-order valence-electron chi connectivity index (χ4n) is 1.50. The van der Waals surface area contributed by atoms with Crippen molar-refractivity contribution in [3.8, 4) is 0 Å². The lowest BCUT2D eigenvalue weighted by Gasteiger charge is -2.12. The highest BCUT2D eigenvalue weighted by Crippen LogP contribution is 2.27. The Hall–Kier alpha value is -0.680. The van der Waals surface area contributed by atoms with Gasteiger partial charge in [0.25, 0.3) is 0 Å². The number of alkyl halides is 1. The van der Waals surface area contributed by atoms with Gasteiger partial charge in [0.1, 0.15) is 6.17 Å². The van der Waals surface area contributed by atoms with Gasteiger partial charge in [-0.2, -0.15) is 0 Å². The summed E-state index contributed by atoms with van der Waals surface area (Å²) < 4.78 is 12.9. The van der Waals surface area contributed by atoms with Crippen molar-refractivity contribution < 1.29 is 9.50 Å². The number of aliphatic hydroxyl groups excluding tert-OH is 1. The molecule has 0 saturated carbocycles. The van der Waals surface area contributed by atoms with Gasteiger partial charge in [0, 0.05) is 11.9 Å². The Kier molecular flexibility index (Phi) is 2.69. The minimum absolute atomic E-state index is 0.437. The van der Waals surface area contributed by atoms with E-state index < -0.39 is 12.3 Å². The Bertz CT molecular complexity index is 316. The summed E-state index contributed by atoms with van der Waals surface area (Å²) in [5.41, 5.74) is 0.673. The largest absolute Gasteiger partial charge is 0.387 e. The summed E-state index contributed by atoms with van der Waals surface area (Å²) in [4.78, 5) is 6.19. The molecular weight excluding hydrogens is 203 g/mol. The predicted molar refractivity (Wildman–Crippen MR) is 54.5 cm³/mol. The SMILES string of the molecule is CC(O)c1csc(N2CCC(F)C2)n1. The Labute approximate surface area is 86.2 Å². The van der Waals surface area contributed by atoms with Crippen molar-refractivity contribution in [3.05, 3.63) is 11.1 Å². The van der Waals surface area contributed by atoms with Crippen LogP contribution < -0.4 is 4.90 Å². The lowest BCUT2D eigenvalue weighted by molar-refractivity contribution is 0.195. The molecule has 5 heteroatoms. The summed E-state index contributed by atoms with van der Waals surface area (Å²) >= 11 is 1.47. The second kappa shape index (κ2) is 3.82. The number of anilines is 1. The molecule has 78 valence electrons. The first-order valence-corrected chi connectivity index (χ1v) is 5.57. The van der Waals surface area contributed by atoms with E-state index in [1.807, 2.05) is 10.3 Å². The molecule has 1 fully saturated rings. The topological polar surface area (TPSA) is 36.4 Å². The fraction of sp³-hybridized carbons (Fsp3) is 0.667. The van der Waals surface area contributed by atoms with Gasteiger partial charge in [0.15, 0.2) is 5.13 Å². The zero-order valence-corrected chi connectivity index (χ0v) is 8.80. The smallest absolute Gasteiger partial charge is 0.185 e. The van der Waals surface area contributed by atoms with Crippen molar-refractivity contribution in [2.45, 2.75) is 25.6 Å². The van der Waals surface area contributed by atoms with Crippen LogP contribution in [0.15, 0.2) is 5.38 Å². The fourth-order valence-corrected chi connectivity index (χ4v) is 2.45. The highest BCUT2D eigenvalue weighted by molar-refractivity contribution is 7.13. The molecule has 0 aromatic carbocycles. The van der Waals surface area contributed by atoms with E-state index in [1.165, 1.54) is 11.3 Å². The molecule has 1 aromatic heterocycles. The predicted octanol–water partition coefficient (Wildman–Crippen LogP) is 1.74. The van der Waals surface area contributed by atoms with E-state index in [2.05, 4.69) is 4.98 Å². The van der Waals surface area contributed by atoms with Crippen molar-refractivity contribution in [1.29, 1.82) is 0 Å². The normalized spacial score (nSPS) is 24.2. The van der Waals surface area contributed by atoms with Gasteiger partial charge in [-0.05, 0) is 13.3 Å². The maximum Gasteiger partial charge on any atom is 0.185 e. The van der Waals surface area contributed by atoms with Gasteiger partial charge in [0.2, 0.25) is 0 Å². The third-order valence-corrected chi connectivity index (χ3v) is 3.26. The molecule has 0 spiro atoms. The van der Waals surface area contributed by atoms with E-state index in [-0.39, 0.29) is 0 Å². The Morgan fingerprint density at radius 2 is 2.57 bits per heavy atom. The Morgan fingerprint density at radius 3 is 3.07 bits per heavy atom. The van der Waals surface area contributed by atoms with Crippen LogP contribution in [-0.4, -0.2) is 29.4 Å². The molecule has 0 bridgehead atoms. The van der Waals surface area contributed by atoms with Crippen LogP contribution in [0.1, 0.15) is 25.1 Å². The van der Waals surface area contributed by atoms with Gasteiger partial charge in [-0.3, -0.25) is 0 Å². The molecule has 1 aliphatic heterocycles. The van der Waals surface area contributed by atoms with Crippen molar-refractivity contribution >= 4 is 16.5 Å². The maximum atomic E-state index is 12.9. The van der Waals surface area contributed by atoms with E-state index in [4.69, 9.17) is 0 Å². The zero-order valence-electron chi connectivity index (χ0n) is 7.98. The van der Waals surface area contributed by atoms with Gasteiger partial charge in [-0.25, -0.2) is 9.37 Å². The average molecular weight is 216 g/mol. The van der Waals surface area contributed by atoms with Crippen molar-refractivity contribution in [1.82, 2.24) is 4.98 Å². The molecule has 2 atom stereocenters. The van der Waals surface area contributed by atoms with Crippen LogP contribution in [0.4, 0.5) is 9.52 Å². The third-order valence-electron chi connectivity index (χ3n) is 2.34. The first kappa shape index (κ1) is 9.86. The Balaban J connectivity index is 2.09. The molecule has 0 radical (unpaired) electrons. The van der Waals surface area contributed by atoms with E-state index >= 15 is 0 Å². The number of halogens is 1. The summed E-state index contributed by atoms with van der Waals surface area (Å²) in [6.07, 6.45) is -0.679. The molecule has 1 N–H and O–H groups in total. The third kappa shape index (κ3) is 1.88. The van der Waals surface area contributed by atoms with Crippen LogP contribution in [0.2, 0.25) is 0 Å². The number of thiazole rings is 1. The van der Waals surface area contributed by atoms with Crippen molar-refractivity contribution in [2.75, 3.05) is 18.0 Å². The van der Waals surface area contributed by atoms with E-state index in [0.29, 0.717) is 18.7 Å². The number of rotatable bonds is 2. The van der Waals surface area contributed by atoms with Gasteiger partial charge >= 0.3 is 0 Å². The molecule has 2 unspecified atom stereocenters. The number of aliphatic hydroxyl groups is 1. The van der Waals surface area contributed by atoms with Crippen molar-refractivity contribution in [2.24, 2.45) is 0 Å². The number of nitrogens with zero attached hydrogens (tertiary/aromatic N) is 2. The Morgan fingerprint density at radius 1 is 1.79 bits per heavy atom. The average Bonchev–Trinajstić information content (AvgIpc) is 2.70. The first-order chi connectivity index (χ1) is 6.66. The lowest BCUT2D eigenvalue weighted by atomic mass is 10.3. The molecule has 1 aliphatic rings. The van der Waals surface area contributed by atoms with Crippen LogP contribution in [0.25, 0.3) is 0 Å². The van der Waals surface area contributed by atoms with Gasteiger partial charge in [0.05, 0.1) is 18.3 Å². The second-order valence-corrected chi connectivity index (χ2v) is 4.40. The van der Waals surface area contributed by atoms with E-state index in [9.17, 15) is 9.50 Å². The monoisotopic (exact) mass is 216 g/mol. The highest BCUT2D eigenvalue weighted by atomic mass is 32.1. The van der Waals surface area contributed by atoms with Gasteiger partial charge in [-0.15, -0.1) is 11.3 Å². The molecule has 2 rings (SSSR count). The second-order valence-electron chi connectivity index (χ2n) is 3.56. The molecule has 2 heterocycles. The maximum absolute atomic E-state index is 12.9. The molecule has 0 aliphatic carbocycles. The summed E-state index contributed by atoms with van der Waals surface area (Å²) in [5.74, 6) is 0. The first-order valence-electron chi connectivity index (χ1n) is 4.69. The summed E-state index contributed by atoms with van der Waals surface area (Å²) in [7, 11) is 0. The quantitative estimate of drug-likeness (QED) is 0.818. The van der Waals surface area contributed by atoms with Crippen LogP contribution in [0.3, 0.4) is 0 Å². The molecule has 14 heavy (non-hydrogen) atoms. The molecule has 0 amide bonds. The van der Waals surface area contributed by atoms with Gasteiger partial charge < -0.3 is 10.0 Å². The summed E-state index contributed by atoms with van der Waals surface area (Å²) in [6, 6.07) is 0. The number of aromatic nitrogens is 1. The lowest BCUT2D eigenvalue weighted by Crippen LogP contribution is -2.19. The van der Waals surface area contributed by atoms with Crippen LogP contribution >= 0.6 is 11.3 Å².